The lowest BCUT2D eigenvalue weighted by atomic mass is 10.1. The van der Waals surface area contributed by atoms with Gasteiger partial charge in [0, 0.05) is 18.8 Å². The van der Waals surface area contributed by atoms with Gasteiger partial charge in [-0.25, -0.2) is 14.2 Å². The second kappa shape index (κ2) is 11.3. The first-order chi connectivity index (χ1) is 14.9. The Labute approximate surface area is 187 Å². The number of halogens is 2. The molecule has 3 N–H and O–H groups in total. The van der Waals surface area contributed by atoms with Crippen LogP contribution < -0.4 is 10.6 Å². The number of carbonyl (C=O) groups is 1. The number of fused-ring (bicyclic) bond motifs is 1. The summed E-state index contributed by atoms with van der Waals surface area (Å²) in [6.45, 7) is 2.47. The summed E-state index contributed by atoms with van der Waals surface area (Å²) in [5.41, 5.74) is 2.71. The van der Waals surface area contributed by atoms with Gasteiger partial charge in [0.05, 0.1) is 10.7 Å². The van der Waals surface area contributed by atoms with E-state index in [-0.39, 0.29) is 5.02 Å². The summed E-state index contributed by atoms with van der Waals surface area (Å²) in [6.07, 6.45) is 5.60. The fourth-order valence-corrected chi connectivity index (χ4v) is 3.90. The van der Waals surface area contributed by atoms with Crippen molar-refractivity contribution in [3.8, 4) is 0 Å². The molecule has 1 atom stereocenters. The molecule has 1 aliphatic rings. The first kappa shape index (κ1) is 23.3. The second-order valence-corrected chi connectivity index (χ2v) is 8.40. The van der Waals surface area contributed by atoms with Gasteiger partial charge >= 0.3 is 5.97 Å². The molecule has 0 saturated heterocycles. The number of benzene rings is 1. The molecular weight excluding hydrogens is 419 g/mol. The van der Waals surface area contributed by atoms with Crippen LogP contribution in [0.4, 0.5) is 15.9 Å². The highest BCUT2D eigenvalue weighted by Gasteiger charge is 2.19. The number of aliphatic carboxylic acids is 1. The summed E-state index contributed by atoms with van der Waals surface area (Å²) < 4.78 is 13.6. The summed E-state index contributed by atoms with van der Waals surface area (Å²) in [5, 5.41) is 15.6. The van der Waals surface area contributed by atoms with Gasteiger partial charge in [0.1, 0.15) is 17.7 Å². The van der Waals surface area contributed by atoms with E-state index >= 15 is 0 Å². The Hall–Kier alpha value is -2.38. The zero-order valence-electron chi connectivity index (χ0n) is 17.8. The van der Waals surface area contributed by atoms with Crippen molar-refractivity contribution in [3.63, 3.8) is 0 Å². The topological polar surface area (TPSA) is 77.5 Å². The third-order valence-corrected chi connectivity index (χ3v) is 5.94. The lowest BCUT2D eigenvalue weighted by molar-refractivity contribution is -0.138. The van der Waals surface area contributed by atoms with Crippen LogP contribution in [-0.2, 0) is 17.6 Å². The predicted molar refractivity (Wildman–Crippen MR) is 123 cm³/mol. The monoisotopic (exact) mass is 448 g/mol. The molecule has 2 aromatic rings. The smallest absolute Gasteiger partial charge is 0.326 e. The Morgan fingerprint density at radius 2 is 2.16 bits per heavy atom. The average Bonchev–Trinajstić information content (AvgIpc) is 2.76. The first-order valence-corrected chi connectivity index (χ1v) is 11.2. The molecule has 1 aromatic carbocycles. The lowest BCUT2D eigenvalue weighted by Gasteiger charge is -2.21. The Bertz CT molecular complexity index is 896. The molecule has 0 spiro atoms. The minimum atomic E-state index is -0.985. The molecular formula is C23H30ClFN4O2. The summed E-state index contributed by atoms with van der Waals surface area (Å²) in [7, 11) is 1.98. The van der Waals surface area contributed by atoms with E-state index in [1.807, 2.05) is 7.05 Å². The minimum Gasteiger partial charge on any atom is -0.480 e. The summed E-state index contributed by atoms with van der Waals surface area (Å²) in [4.78, 5) is 18.4. The van der Waals surface area contributed by atoms with Crippen LogP contribution in [-0.4, -0.2) is 53.7 Å². The quantitative estimate of drug-likeness (QED) is 0.441. The number of pyridine rings is 1. The van der Waals surface area contributed by atoms with Crippen LogP contribution in [0.2, 0.25) is 5.02 Å². The molecule has 0 bridgehead atoms. The van der Waals surface area contributed by atoms with Crippen molar-refractivity contribution in [3.05, 3.63) is 52.4 Å². The van der Waals surface area contributed by atoms with Crippen LogP contribution in [0.15, 0.2) is 30.3 Å². The molecule has 2 heterocycles. The Balaban J connectivity index is 1.39. The number of aryl methyl sites for hydroxylation is 2. The molecule has 3 rings (SSSR count). The van der Waals surface area contributed by atoms with Crippen molar-refractivity contribution >= 4 is 29.1 Å². The predicted octanol–water partition coefficient (Wildman–Crippen LogP) is 4.44. The maximum Gasteiger partial charge on any atom is 0.326 e. The molecule has 0 fully saturated rings. The van der Waals surface area contributed by atoms with Crippen molar-refractivity contribution in [2.75, 3.05) is 37.3 Å². The van der Waals surface area contributed by atoms with Crippen LogP contribution in [0.25, 0.3) is 0 Å². The Morgan fingerprint density at radius 1 is 1.32 bits per heavy atom. The normalized spacial score (nSPS) is 14.1. The van der Waals surface area contributed by atoms with E-state index in [1.54, 1.807) is 6.07 Å². The third-order valence-electron chi connectivity index (χ3n) is 5.55. The minimum absolute atomic E-state index is 0.0897. The van der Waals surface area contributed by atoms with Gasteiger partial charge < -0.3 is 20.6 Å². The number of carboxylic acid groups (broad SMARTS) is 1. The fourth-order valence-electron chi connectivity index (χ4n) is 3.72. The molecule has 0 radical (unpaired) electrons. The van der Waals surface area contributed by atoms with Crippen molar-refractivity contribution in [2.24, 2.45) is 0 Å². The van der Waals surface area contributed by atoms with E-state index in [4.69, 9.17) is 16.6 Å². The fraction of sp³-hybridized carbons (Fsp3) is 0.478. The maximum absolute atomic E-state index is 13.6. The number of hydrogen-bond donors (Lipinski definition) is 3. The van der Waals surface area contributed by atoms with Gasteiger partial charge in [-0.15, -0.1) is 0 Å². The Kier molecular flexibility index (Phi) is 8.49. The zero-order valence-corrected chi connectivity index (χ0v) is 18.6. The van der Waals surface area contributed by atoms with Crippen LogP contribution in [0.1, 0.15) is 36.9 Å². The van der Waals surface area contributed by atoms with E-state index in [0.29, 0.717) is 18.7 Å². The number of anilines is 2. The van der Waals surface area contributed by atoms with Gasteiger partial charge in [-0.1, -0.05) is 23.7 Å². The first-order valence-electron chi connectivity index (χ1n) is 10.8. The SMILES string of the molecule is CN(CCCCc1ccc2c(n1)NCCC2)CC[C@H](Nc1cccc(F)c1Cl)C(=O)O. The average molecular weight is 449 g/mol. The number of rotatable bonds is 11. The van der Waals surface area contributed by atoms with Crippen LogP contribution >= 0.6 is 11.6 Å². The lowest BCUT2D eigenvalue weighted by Crippen LogP contribution is -2.34. The van der Waals surface area contributed by atoms with E-state index in [0.717, 1.165) is 56.7 Å². The molecule has 0 saturated carbocycles. The number of hydrogen-bond acceptors (Lipinski definition) is 5. The second-order valence-electron chi connectivity index (χ2n) is 8.03. The molecule has 8 heteroatoms. The molecule has 0 amide bonds. The largest absolute Gasteiger partial charge is 0.480 e. The van der Waals surface area contributed by atoms with Gasteiger partial charge in [-0.05, 0) is 75.9 Å². The Morgan fingerprint density at radius 3 is 2.97 bits per heavy atom. The molecule has 6 nitrogen and oxygen atoms in total. The highest BCUT2D eigenvalue weighted by molar-refractivity contribution is 6.33. The standard InChI is InChI=1S/C23H30ClFN4O2/c1-29(14-3-2-7-17-11-10-16-6-5-13-26-22(16)27-17)15-12-20(23(30)31)28-19-9-4-8-18(25)21(19)24/h4,8-11,20,28H,2-3,5-7,12-15H2,1H3,(H,26,27)(H,30,31)/t20-/m0/s1. The van der Waals surface area contributed by atoms with E-state index in [9.17, 15) is 14.3 Å². The van der Waals surface area contributed by atoms with Gasteiger partial charge in [0.25, 0.3) is 0 Å². The number of aromatic nitrogens is 1. The molecule has 1 aromatic heterocycles. The molecule has 168 valence electrons. The van der Waals surface area contributed by atoms with Crippen molar-refractivity contribution in [2.45, 2.75) is 44.6 Å². The van der Waals surface area contributed by atoms with Crippen molar-refractivity contribution in [1.29, 1.82) is 0 Å². The van der Waals surface area contributed by atoms with E-state index in [1.165, 1.54) is 17.7 Å². The molecule has 31 heavy (non-hydrogen) atoms. The van der Waals surface area contributed by atoms with Gasteiger partial charge in [0.2, 0.25) is 0 Å². The zero-order chi connectivity index (χ0) is 22.2. The van der Waals surface area contributed by atoms with Gasteiger partial charge in [-0.3, -0.25) is 0 Å². The molecule has 0 aliphatic carbocycles. The number of carboxylic acids is 1. The molecule has 1 aliphatic heterocycles. The third kappa shape index (κ3) is 6.80. The summed E-state index contributed by atoms with van der Waals surface area (Å²) in [5.74, 6) is -0.524. The molecule has 0 unspecified atom stereocenters. The van der Waals surface area contributed by atoms with Crippen molar-refractivity contribution in [1.82, 2.24) is 9.88 Å². The number of unbranched alkanes of at least 4 members (excludes halogenated alkanes) is 1. The van der Waals surface area contributed by atoms with E-state index in [2.05, 4.69) is 27.7 Å². The number of nitrogens with zero attached hydrogens (tertiary/aromatic N) is 2. The highest BCUT2D eigenvalue weighted by Crippen LogP contribution is 2.25. The van der Waals surface area contributed by atoms with Gasteiger partial charge in [0.15, 0.2) is 0 Å². The number of nitrogens with one attached hydrogen (secondary N) is 2. The summed E-state index contributed by atoms with van der Waals surface area (Å²) >= 11 is 5.93. The van der Waals surface area contributed by atoms with E-state index < -0.39 is 17.8 Å². The van der Waals surface area contributed by atoms with Crippen molar-refractivity contribution < 1.29 is 14.3 Å². The summed E-state index contributed by atoms with van der Waals surface area (Å²) in [6, 6.07) is 7.79. The van der Waals surface area contributed by atoms with Crippen LogP contribution in [0.3, 0.4) is 0 Å². The van der Waals surface area contributed by atoms with Crippen LogP contribution in [0.5, 0.6) is 0 Å². The highest BCUT2D eigenvalue weighted by atomic mass is 35.5. The van der Waals surface area contributed by atoms with Crippen LogP contribution in [0, 0.1) is 5.82 Å². The van der Waals surface area contributed by atoms with Gasteiger partial charge in [-0.2, -0.15) is 0 Å². The maximum atomic E-state index is 13.6.